The standard InChI is InChI=1S/C12H10F3N3O2/c1-7-16-10(18-20-7)6-11(19)17-9-4-2-3-8(5-9)12(13,14)15/h2-5H,6H2,1H3,(H,17,19). The van der Waals surface area contributed by atoms with Gasteiger partial charge >= 0.3 is 6.18 Å². The third-order valence-corrected chi connectivity index (χ3v) is 2.36. The molecule has 1 N–H and O–H groups in total. The smallest absolute Gasteiger partial charge is 0.340 e. The Kier molecular flexibility index (Phi) is 3.73. The topological polar surface area (TPSA) is 68.0 Å². The third-order valence-electron chi connectivity index (χ3n) is 2.36. The van der Waals surface area contributed by atoms with E-state index < -0.39 is 17.6 Å². The van der Waals surface area contributed by atoms with E-state index in [1.807, 2.05) is 0 Å². The summed E-state index contributed by atoms with van der Waals surface area (Å²) in [6, 6.07) is 4.38. The summed E-state index contributed by atoms with van der Waals surface area (Å²) in [7, 11) is 0. The van der Waals surface area contributed by atoms with Crippen LogP contribution >= 0.6 is 0 Å². The zero-order valence-electron chi connectivity index (χ0n) is 10.4. The lowest BCUT2D eigenvalue weighted by Gasteiger charge is -2.09. The third kappa shape index (κ3) is 3.56. The predicted molar refractivity (Wildman–Crippen MR) is 62.8 cm³/mol. The van der Waals surface area contributed by atoms with Crippen LogP contribution < -0.4 is 5.32 Å². The first-order valence-corrected chi connectivity index (χ1v) is 5.61. The second-order valence-corrected chi connectivity index (χ2v) is 4.03. The molecule has 1 aromatic heterocycles. The number of nitrogens with one attached hydrogen (secondary N) is 1. The van der Waals surface area contributed by atoms with Gasteiger partial charge in [0.2, 0.25) is 11.8 Å². The number of aryl methyl sites for hydroxylation is 1. The molecule has 1 heterocycles. The van der Waals surface area contributed by atoms with Crippen molar-refractivity contribution in [2.45, 2.75) is 19.5 Å². The highest BCUT2D eigenvalue weighted by Crippen LogP contribution is 2.30. The minimum absolute atomic E-state index is 0.0602. The van der Waals surface area contributed by atoms with Crippen LogP contribution in [0.2, 0.25) is 0 Å². The lowest BCUT2D eigenvalue weighted by Crippen LogP contribution is -2.16. The summed E-state index contributed by atoms with van der Waals surface area (Å²) < 4.78 is 42.2. The number of amides is 1. The molecule has 0 spiro atoms. The maximum absolute atomic E-state index is 12.5. The van der Waals surface area contributed by atoms with Gasteiger partial charge in [0, 0.05) is 12.6 Å². The van der Waals surface area contributed by atoms with E-state index in [1.165, 1.54) is 12.1 Å². The van der Waals surface area contributed by atoms with Crippen molar-refractivity contribution < 1.29 is 22.5 Å². The zero-order valence-corrected chi connectivity index (χ0v) is 10.4. The summed E-state index contributed by atoms with van der Waals surface area (Å²) in [6.45, 7) is 1.57. The number of benzene rings is 1. The first-order chi connectivity index (χ1) is 9.34. The minimum atomic E-state index is -4.45. The van der Waals surface area contributed by atoms with Gasteiger partial charge in [-0.3, -0.25) is 4.79 Å². The number of hydrogen-bond donors (Lipinski definition) is 1. The molecule has 20 heavy (non-hydrogen) atoms. The summed E-state index contributed by atoms with van der Waals surface area (Å²) in [5.74, 6) is -0.0380. The van der Waals surface area contributed by atoms with Crippen LogP contribution in [0.15, 0.2) is 28.8 Å². The monoisotopic (exact) mass is 285 g/mol. The van der Waals surface area contributed by atoms with Gasteiger partial charge in [-0.25, -0.2) is 0 Å². The highest BCUT2D eigenvalue weighted by Gasteiger charge is 2.30. The van der Waals surface area contributed by atoms with Gasteiger partial charge in [-0.1, -0.05) is 11.2 Å². The van der Waals surface area contributed by atoms with Gasteiger partial charge < -0.3 is 9.84 Å². The highest BCUT2D eigenvalue weighted by atomic mass is 19.4. The molecule has 0 aliphatic rings. The molecule has 2 rings (SSSR count). The van der Waals surface area contributed by atoms with E-state index in [9.17, 15) is 18.0 Å². The van der Waals surface area contributed by atoms with Crippen LogP contribution in [-0.2, 0) is 17.4 Å². The first-order valence-electron chi connectivity index (χ1n) is 5.61. The van der Waals surface area contributed by atoms with E-state index in [1.54, 1.807) is 6.92 Å². The molecule has 0 saturated heterocycles. The van der Waals surface area contributed by atoms with Gasteiger partial charge in [-0.2, -0.15) is 18.2 Å². The normalized spacial score (nSPS) is 11.4. The van der Waals surface area contributed by atoms with E-state index in [-0.39, 0.29) is 17.9 Å². The molecule has 1 aromatic carbocycles. The molecule has 0 atom stereocenters. The van der Waals surface area contributed by atoms with Crippen molar-refractivity contribution in [3.05, 3.63) is 41.5 Å². The number of rotatable bonds is 3. The molecular weight excluding hydrogens is 275 g/mol. The van der Waals surface area contributed by atoms with Crippen molar-refractivity contribution >= 4 is 11.6 Å². The van der Waals surface area contributed by atoms with Gasteiger partial charge in [0.1, 0.15) is 0 Å². The van der Waals surface area contributed by atoms with E-state index >= 15 is 0 Å². The van der Waals surface area contributed by atoms with Crippen LogP contribution in [-0.4, -0.2) is 16.0 Å². The molecule has 0 unspecified atom stereocenters. The number of nitrogens with zero attached hydrogens (tertiary/aromatic N) is 2. The van der Waals surface area contributed by atoms with Gasteiger partial charge in [0.05, 0.1) is 12.0 Å². The fourth-order valence-electron chi connectivity index (χ4n) is 1.54. The Bertz CT molecular complexity index is 622. The lowest BCUT2D eigenvalue weighted by molar-refractivity contribution is -0.137. The van der Waals surface area contributed by atoms with E-state index in [2.05, 4.69) is 20.0 Å². The molecule has 0 saturated carbocycles. The predicted octanol–water partition coefficient (Wildman–Crippen LogP) is 2.58. The second kappa shape index (κ2) is 5.32. The summed E-state index contributed by atoms with van der Waals surface area (Å²) >= 11 is 0. The minimum Gasteiger partial charge on any atom is -0.340 e. The van der Waals surface area contributed by atoms with Crippen molar-refractivity contribution in [3.8, 4) is 0 Å². The number of hydrogen-bond acceptors (Lipinski definition) is 4. The van der Waals surface area contributed by atoms with Gasteiger partial charge in [0.25, 0.3) is 0 Å². The molecule has 0 fully saturated rings. The summed E-state index contributed by atoms with van der Waals surface area (Å²) in [4.78, 5) is 15.5. The fraction of sp³-hybridized carbons (Fsp3) is 0.250. The number of aromatic nitrogens is 2. The van der Waals surface area contributed by atoms with Crippen molar-refractivity contribution in [1.82, 2.24) is 10.1 Å². The Balaban J connectivity index is 2.04. The summed E-state index contributed by atoms with van der Waals surface area (Å²) in [5.41, 5.74) is -0.768. The van der Waals surface area contributed by atoms with Crippen LogP contribution in [0, 0.1) is 6.92 Å². The SMILES string of the molecule is Cc1nc(CC(=O)Nc2cccc(C(F)(F)F)c2)no1. The largest absolute Gasteiger partial charge is 0.416 e. The van der Waals surface area contributed by atoms with Crippen molar-refractivity contribution in [1.29, 1.82) is 0 Å². The molecule has 106 valence electrons. The average Bonchev–Trinajstić information content (AvgIpc) is 2.73. The summed E-state index contributed by atoms with van der Waals surface area (Å²) in [6.07, 6.45) is -4.63. The van der Waals surface area contributed by atoms with Crippen LogP contribution in [0.3, 0.4) is 0 Å². The quantitative estimate of drug-likeness (QED) is 0.941. The Labute approximate surface area is 111 Å². The molecule has 2 aromatic rings. The molecule has 0 bridgehead atoms. The second-order valence-electron chi connectivity index (χ2n) is 4.03. The van der Waals surface area contributed by atoms with Crippen LogP contribution in [0.1, 0.15) is 17.3 Å². The van der Waals surface area contributed by atoms with Crippen LogP contribution in [0.4, 0.5) is 18.9 Å². The molecule has 0 aliphatic heterocycles. The maximum Gasteiger partial charge on any atom is 0.416 e. The van der Waals surface area contributed by atoms with Crippen molar-refractivity contribution in [2.24, 2.45) is 0 Å². The molecule has 0 aliphatic carbocycles. The fourth-order valence-corrected chi connectivity index (χ4v) is 1.54. The number of halogens is 3. The van der Waals surface area contributed by atoms with E-state index in [4.69, 9.17) is 0 Å². The Morgan fingerprint density at radius 1 is 1.40 bits per heavy atom. The van der Waals surface area contributed by atoms with Crippen LogP contribution in [0.5, 0.6) is 0 Å². The molecule has 0 radical (unpaired) electrons. The van der Waals surface area contributed by atoms with Crippen molar-refractivity contribution in [2.75, 3.05) is 5.32 Å². The Morgan fingerprint density at radius 2 is 2.15 bits per heavy atom. The molecular formula is C12H10F3N3O2. The first kappa shape index (κ1) is 14.0. The maximum atomic E-state index is 12.5. The Morgan fingerprint density at radius 3 is 2.75 bits per heavy atom. The highest BCUT2D eigenvalue weighted by molar-refractivity contribution is 5.91. The van der Waals surface area contributed by atoms with E-state index in [0.717, 1.165) is 12.1 Å². The van der Waals surface area contributed by atoms with Gasteiger partial charge in [0.15, 0.2) is 5.82 Å². The average molecular weight is 285 g/mol. The summed E-state index contributed by atoms with van der Waals surface area (Å²) in [5, 5.41) is 5.88. The molecule has 5 nitrogen and oxygen atoms in total. The zero-order chi connectivity index (χ0) is 14.8. The van der Waals surface area contributed by atoms with Gasteiger partial charge in [-0.05, 0) is 18.2 Å². The number of carbonyl (C=O) groups is 1. The lowest BCUT2D eigenvalue weighted by atomic mass is 10.2. The van der Waals surface area contributed by atoms with Gasteiger partial charge in [-0.15, -0.1) is 0 Å². The number of carbonyl (C=O) groups excluding carboxylic acids is 1. The number of alkyl halides is 3. The molecule has 8 heteroatoms. The van der Waals surface area contributed by atoms with Crippen molar-refractivity contribution in [3.63, 3.8) is 0 Å². The van der Waals surface area contributed by atoms with Crippen LogP contribution in [0.25, 0.3) is 0 Å². The Hall–Kier alpha value is -2.38. The number of anilines is 1. The van der Waals surface area contributed by atoms with E-state index in [0.29, 0.717) is 5.89 Å². The molecule has 1 amide bonds.